The maximum absolute atomic E-state index is 6.67. The van der Waals surface area contributed by atoms with Gasteiger partial charge in [0.15, 0.2) is 5.79 Å². The van der Waals surface area contributed by atoms with Gasteiger partial charge in [0.2, 0.25) is 0 Å². The van der Waals surface area contributed by atoms with Crippen molar-refractivity contribution in [2.75, 3.05) is 11.5 Å². The SMILES string of the molecule is S=c1sc2c(s1)SCC1(CS2)O[C@@H](c2ccccc2)[C@H](c2ccccc2)O1. The minimum absolute atomic E-state index is 0.107. The zero-order chi connectivity index (χ0) is 18.3. The highest BCUT2D eigenvalue weighted by molar-refractivity contribution is 8.06. The van der Waals surface area contributed by atoms with Crippen molar-refractivity contribution in [1.29, 1.82) is 0 Å². The molecule has 1 fully saturated rings. The van der Waals surface area contributed by atoms with Gasteiger partial charge in [0, 0.05) is 0 Å². The van der Waals surface area contributed by atoms with E-state index in [2.05, 4.69) is 48.5 Å². The van der Waals surface area contributed by atoms with Crippen molar-refractivity contribution < 1.29 is 9.47 Å². The van der Waals surface area contributed by atoms with Crippen molar-refractivity contribution >= 4 is 58.4 Å². The summed E-state index contributed by atoms with van der Waals surface area (Å²) in [5.74, 6) is 0.965. The molecule has 0 radical (unpaired) electrons. The van der Waals surface area contributed by atoms with Gasteiger partial charge in [0.05, 0.1) is 19.9 Å². The van der Waals surface area contributed by atoms with Gasteiger partial charge in [0.1, 0.15) is 15.3 Å². The molecule has 2 atom stereocenters. The van der Waals surface area contributed by atoms with E-state index in [0.717, 1.165) is 25.8 Å². The second-order valence-electron chi connectivity index (χ2n) is 6.42. The lowest BCUT2D eigenvalue weighted by atomic mass is 9.99. The van der Waals surface area contributed by atoms with E-state index >= 15 is 0 Å². The molecule has 0 amide bonds. The molecule has 3 heterocycles. The van der Waals surface area contributed by atoms with Crippen LogP contribution in [0.15, 0.2) is 69.1 Å². The topological polar surface area (TPSA) is 18.5 Å². The molecule has 0 unspecified atom stereocenters. The van der Waals surface area contributed by atoms with E-state index in [1.807, 2.05) is 35.7 Å². The van der Waals surface area contributed by atoms with Crippen LogP contribution in [0, 0.1) is 3.14 Å². The lowest BCUT2D eigenvalue weighted by Crippen LogP contribution is -2.35. The van der Waals surface area contributed by atoms with Crippen LogP contribution in [0.1, 0.15) is 23.3 Å². The number of ether oxygens (including phenoxy) is 2. The highest BCUT2D eigenvalue weighted by Gasteiger charge is 2.50. The summed E-state index contributed by atoms with van der Waals surface area (Å²) < 4.78 is 16.9. The predicted octanol–water partition coefficient (Wildman–Crippen LogP) is 6.96. The van der Waals surface area contributed by atoms with Gasteiger partial charge in [-0.25, -0.2) is 0 Å². The lowest BCUT2D eigenvalue weighted by molar-refractivity contribution is -0.139. The molecule has 1 spiro atoms. The van der Waals surface area contributed by atoms with E-state index in [1.54, 1.807) is 22.7 Å². The van der Waals surface area contributed by atoms with Gasteiger partial charge in [-0.2, -0.15) is 0 Å². The van der Waals surface area contributed by atoms with Crippen molar-refractivity contribution in [2.24, 2.45) is 0 Å². The number of rotatable bonds is 2. The van der Waals surface area contributed by atoms with E-state index in [0.29, 0.717) is 0 Å². The molecule has 2 nitrogen and oxygen atoms in total. The first-order chi connectivity index (χ1) is 13.2. The summed E-state index contributed by atoms with van der Waals surface area (Å²) in [6.45, 7) is 0. The van der Waals surface area contributed by atoms with Crippen LogP contribution in [0.4, 0.5) is 0 Å². The van der Waals surface area contributed by atoms with Gasteiger partial charge >= 0.3 is 0 Å². The molecule has 27 heavy (non-hydrogen) atoms. The maximum atomic E-state index is 6.67. The minimum atomic E-state index is -0.594. The van der Waals surface area contributed by atoms with Crippen molar-refractivity contribution in [3.63, 3.8) is 0 Å². The molecule has 2 aliphatic rings. The van der Waals surface area contributed by atoms with Crippen molar-refractivity contribution in [3.05, 3.63) is 74.9 Å². The average Bonchev–Trinajstić information content (AvgIpc) is 3.22. The Kier molecular flexibility index (Phi) is 5.19. The van der Waals surface area contributed by atoms with E-state index < -0.39 is 5.79 Å². The summed E-state index contributed by atoms with van der Waals surface area (Å²) in [5, 5.41) is 0. The molecule has 1 saturated heterocycles. The molecule has 2 aliphatic heterocycles. The van der Waals surface area contributed by atoms with E-state index in [1.165, 1.54) is 8.42 Å². The highest BCUT2D eigenvalue weighted by atomic mass is 32.2. The Hall–Kier alpha value is -0.670. The molecular weight excluding hydrogens is 433 g/mol. The zero-order valence-corrected chi connectivity index (χ0v) is 18.3. The Bertz CT molecular complexity index is 904. The fourth-order valence-corrected chi connectivity index (χ4v) is 9.69. The van der Waals surface area contributed by atoms with Crippen molar-refractivity contribution in [2.45, 2.75) is 26.4 Å². The number of benzene rings is 2. The van der Waals surface area contributed by atoms with Crippen molar-refractivity contribution in [3.8, 4) is 0 Å². The molecule has 7 heteroatoms. The summed E-state index contributed by atoms with van der Waals surface area (Å²) >= 11 is 12.4. The van der Waals surface area contributed by atoms with Gasteiger partial charge in [-0.1, -0.05) is 72.9 Å². The van der Waals surface area contributed by atoms with Gasteiger partial charge in [0.25, 0.3) is 0 Å². The first-order valence-corrected chi connectivity index (χ1v) is 12.6. The molecule has 3 aromatic rings. The summed E-state index contributed by atoms with van der Waals surface area (Å²) in [5.41, 5.74) is 2.32. The third-order valence-corrected chi connectivity index (χ3v) is 10.5. The number of fused-ring (bicyclic) bond motifs is 1. The smallest absolute Gasteiger partial charge is 0.188 e. The third kappa shape index (κ3) is 3.67. The van der Waals surface area contributed by atoms with Crippen LogP contribution in [-0.4, -0.2) is 17.3 Å². The lowest BCUT2D eigenvalue weighted by Gasteiger charge is -2.25. The largest absolute Gasteiger partial charge is 0.337 e. The molecule has 1 aromatic heterocycles. The van der Waals surface area contributed by atoms with Crippen LogP contribution in [0.2, 0.25) is 0 Å². The molecule has 0 aliphatic carbocycles. The Morgan fingerprint density at radius 1 is 0.741 bits per heavy atom. The zero-order valence-electron chi connectivity index (χ0n) is 14.2. The van der Waals surface area contributed by atoms with Gasteiger partial charge in [-0.05, 0) is 11.1 Å². The Labute approximate surface area is 179 Å². The Balaban J connectivity index is 1.49. The minimum Gasteiger partial charge on any atom is -0.337 e. The number of hydrogen-bond acceptors (Lipinski definition) is 7. The predicted molar refractivity (Wildman–Crippen MR) is 118 cm³/mol. The molecule has 138 valence electrons. The second kappa shape index (κ2) is 7.63. The molecule has 0 N–H and O–H groups in total. The molecule has 0 saturated carbocycles. The van der Waals surface area contributed by atoms with Gasteiger partial charge < -0.3 is 9.47 Å². The second-order valence-corrected chi connectivity index (χ2v) is 12.1. The summed E-state index contributed by atoms with van der Waals surface area (Å²) in [4.78, 5) is 0. The average molecular weight is 449 g/mol. The Morgan fingerprint density at radius 3 is 1.63 bits per heavy atom. The Morgan fingerprint density at radius 2 is 1.19 bits per heavy atom. The first kappa shape index (κ1) is 18.4. The fourth-order valence-electron chi connectivity index (χ4n) is 3.35. The van der Waals surface area contributed by atoms with Crippen LogP contribution < -0.4 is 0 Å². The monoisotopic (exact) mass is 448 g/mol. The molecule has 5 rings (SSSR count). The molecule has 2 aromatic carbocycles. The third-order valence-electron chi connectivity index (χ3n) is 4.58. The van der Waals surface area contributed by atoms with E-state index in [-0.39, 0.29) is 12.2 Å². The van der Waals surface area contributed by atoms with Crippen LogP contribution in [0.3, 0.4) is 0 Å². The number of hydrogen-bond donors (Lipinski definition) is 0. The summed E-state index contributed by atoms with van der Waals surface area (Å²) in [6.07, 6.45) is -0.215. The van der Waals surface area contributed by atoms with Crippen LogP contribution >= 0.6 is 58.4 Å². The van der Waals surface area contributed by atoms with Crippen LogP contribution in [0.25, 0.3) is 0 Å². The van der Waals surface area contributed by atoms with Crippen molar-refractivity contribution in [1.82, 2.24) is 0 Å². The van der Waals surface area contributed by atoms with Crippen LogP contribution in [0.5, 0.6) is 0 Å². The maximum Gasteiger partial charge on any atom is 0.188 e. The molecule has 0 bridgehead atoms. The normalized spacial score (nSPS) is 23.9. The number of thioether (sulfide) groups is 2. The first-order valence-electron chi connectivity index (χ1n) is 8.58. The van der Waals surface area contributed by atoms with Gasteiger partial charge in [-0.3, -0.25) is 0 Å². The standard InChI is InChI=1S/C20H16O2S5/c23-19-26-17-18(27-19)25-12-20(11-24-17)21-15(13-7-3-1-4-8-13)16(22-20)14-9-5-2-6-10-14/h1-10,15-16H,11-12H2/t15-,16-/m0/s1. The fraction of sp³-hybridized carbons (Fsp3) is 0.250. The van der Waals surface area contributed by atoms with Gasteiger partial charge in [-0.15, -0.1) is 46.2 Å². The summed E-state index contributed by atoms with van der Waals surface area (Å²) in [6, 6.07) is 20.8. The quantitative estimate of drug-likeness (QED) is 0.393. The van der Waals surface area contributed by atoms with E-state index in [4.69, 9.17) is 21.7 Å². The van der Waals surface area contributed by atoms with Crippen LogP contribution in [-0.2, 0) is 9.47 Å². The van der Waals surface area contributed by atoms with E-state index in [9.17, 15) is 0 Å². The highest BCUT2D eigenvalue weighted by Crippen LogP contribution is 2.54. The molecular formula is C20H16O2S5. The summed E-state index contributed by atoms with van der Waals surface area (Å²) in [7, 11) is 0.